The summed E-state index contributed by atoms with van der Waals surface area (Å²) in [6.45, 7) is 1.88. The first-order valence-corrected chi connectivity index (χ1v) is 7.46. The number of hydrogen-bond donors (Lipinski definition) is 2. The van der Waals surface area contributed by atoms with E-state index in [0.29, 0.717) is 5.69 Å². The molecule has 104 valence electrons. The van der Waals surface area contributed by atoms with Gasteiger partial charge in [0.05, 0.1) is 11.0 Å². The molecule has 0 radical (unpaired) electrons. The lowest BCUT2D eigenvalue weighted by molar-refractivity contribution is 0.0928. The predicted molar refractivity (Wildman–Crippen MR) is 77.1 cm³/mol. The van der Waals surface area contributed by atoms with Gasteiger partial charge < -0.3 is 10.3 Å². The van der Waals surface area contributed by atoms with E-state index in [9.17, 15) is 9.59 Å². The average molecular weight is 289 g/mol. The van der Waals surface area contributed by atoms with Crippen molar-refractivity contribution >= 4 is 17.2 Å². The Morgan fingerprint density at radius 1 is 1.50 bits per heavy atom. The molecule has 5 nitrogen and oxygen atoms in total. The van der Waals surface area contributed by atoms with Crippen molar-refractivity contribution in [3.05, 3.63) is 49.8 Å². The summed E-state index contributed by atoms with van der Waals surface area (Å²) in [7, 11) is 0. The summed E-state index contributed by atoms with van der Waals surface area (Å²) in [6, 6.07) is 3.27. The summed E-state index contributed by atoms with van der Waals surface area (Å²) in [5.41, 5.74) is 2.31. The number of aryl methyl sites for hydroxylation is 2. The molecule has 2 heterocycles. The van der Waals surface area contributed by atoms with Crippen molar-refractivity contribution < 1.29 is 4.79 Å². The van der Waals surface area contributed by atoms with Crippen molar-refractivity contribution in [3.63, 3.8) is 0 Å². The van der Waals surface area contributed by atoms with Gasteiger partial charge in [-0.05, 0) is 37.8 Å². The van der Waals surface area contributed by atoms with Crippen molar-refractivity contribution in [2.75, 3.05) is 0 Å². The van der Waals surface area contributed by atoms with Crippen LogP contribution < -0.4 is 10.9 Å². The number of aromatic amines is 1. The van der Waals surface area contributed by atoms with Crippen LogP contribution in [0.2, 0.25) is 0 Å². The lowest BCUT2D eigenvalue weighted by atomic mass is 9.91. The third-order valence-electron chi connectivity index (χ3n) is 3.49. The minimum absolute atomic E-state index is 0.0508. The van der Waals surface area contributed by atoms with E-state index < -0.39 is 0 Å². The fourth-order valence-corrected chi connectivity index (χ4v) is 3.14. The van der Waals surface area contributed by atoms with Gasteiger partial charge in [-0.3, -0.25) is 9.59 Å². The lowest BCUT2D eigenvalue weighted by Crippen LogP contribution is -2.32. The topological polar surface area (TPSA) is 74.8 Å². The van der Waals surface area contributed by atoms with Gasteiger partial charge in [-0.25, -0.2) is 4.98 Å². The first-order chi connectivity index (χ1) is 9.63. The molecule has 0 aliphatic heterocycles. The highest BCUT2D eigenvalue weighted by molar-refractivity contribution is 7.09. The number of H-pyrrole nitrogens is 1. The largest absolute Gasteiger partial charge is 0.344 e. The standard InChI is InChI=1S/C14H15N3O2S/c1-8-15-12(7-20-8)14(19)17-11-4-2-3-10-9(11)5-6-13(18)16-10/h5-7,11H,2-4H2,1H3,(H,16,18)(H,17,19). The number of carbonyl (C=O) groups excluding carboxylic acids is 1. The quantitative estimate of drug-likeness (QED) is 0.887. The molecule has 1 unspecified atom stereocenters. The summed E-state index contributed by atoms with van der Waals surface area (Å²) in [6.07, 6.45) is 2.69. The van der Waals surface area contributed by atoms with Gasteiger partial charge in [0, 0.05) is 17.1 Å². The van der Waals surface area contributed by atoms with E-state index in [1.807, 2.05) is 13.0 Å². The molecule has 0 fully saturated rings. The molecular weight excluding hydrogens is 274 g/mol. The number of fused-ring (bicyclic) bond motifs is 1. The number of aromatic nitrogens is 2. The molecule has 2 N–H and O–H groups in total. The summed E-state index contributed by atoms with van der Waals surface area (Å²) in [5.74, 6) is -0.154. The summed E-state index contributed by atoms with van der Waals surface area (Å²) in [5, 5.41) is 5.65. The highest BCUT2D eigenvalue weighted by Gasteiger charge is 2.23. The fourth-order valence-electron chi connectivity index (χ4n) is 2.55. The molecule has 2 aromatic heterocycles. The van der Waals surface area contributed by atoms with Gasteiger partial charge in [0.1, 0.15) is 5.69 Å². The van der Waals surface area contributed by atoms with Gasteiger partial charge in [0.15, 0.2) is 0 Å². The Morgan fingerprint density at radius 3 is 3.10 bits per heavy atom. The lowest BCUT2D eigenvalue weighted by Gasteiger charge is -2.25. The molecule has 0 spiro atoms. The Morgan fingerprint density at radius 2 is 2.35 bits per heavy atom. The van der Waals surface area contributed by atoms with E-state index in [2.05, 4.69) is 15.3 Å². The third-order valence-corrected chi connectivity index (χ3v) is 4.26. The van der Waals surface area contributed by atoms with Gasteiger partial charge >= 0.3 is 0 Å². The highest BCUT2D eigenvalue weighted by atomic mass is 32.1. The number of carbonyl (C=O) groups is 1. The Hall–Kier alpha value is -1.95. The molecular formula is C14H15N3O2S. The van der Waals surface area contributed by atoms with E-state index in [4.69, 9.17) is 0 Å². The SMILES string of the molecule is Cc1nc(C(=O)NC2CCCc3[nH]c(=O)ccc32)cs1. The van der Waals surface area contributed by atoms with Crippen LogP contribution in [0.4, 0.5) is 0 Å². The normalized spacial score (nSPS) is 17.6. The van der Waals surface area contributed by atoms with Crippen molar-refractivity contribution in [2.24, 2.45) is 0 Å². The molecule has 1 aliphatic carbocycles. The second-order valence-electron chi connectivity index (χ2n) is 4.93. The Balaban J connectivity index is 1.83. The molecule has 1 amide bonds. The van der Waals surface area contributed by atoms with Gasteiger partial charge in [-0.15, -0.1) is 11.3 Å². The van der Waals surface area contributed by atoms with Gasteiger partial charge in [0.25, 0.3) is 5.91 Å². The maximum Gasteiger partial charge on any atom is 0.271 e. The third kappa shape index (κ3) is 2.51. The molecule has 0 bridgehead atoms. The van der Waals surface area contributed by atoms with Gasteiger partial charge in [0.2, 0.25) is 5.56 Å². The zero-order valence-corrected chi connectivity index (χ0v) is 11.9. The van der Waals surface area contributed by atoms with E-state index >= 15 is 0 Å². The van der Waals surface area contributed by atoms with Crippen LogP contribution in [-0.2, 0) is 6.42 Å². The number of thiazole rings is 1. The second kappa shape index (κ2) is 5.20. The van der Waals surface area contributed by atoms with E-state index in [-0.39, 0.29) is 17.5 Å². The monoisotopic (exact) mass is 289 g/mol. The molecule has 0 saturated heterocycles. The maximum atomic E-state index is 12.2. The number of rotatable bonds is 2. The molecule has 1 atom stereocenters. The fraction of sp³-hybridized carbons (Fsp3) is 0.357. The van der Waals surface area contributed by atoms with Gasteiger partial charge in [-0.2, -0.15) is 0 Å². The van der Waals surface area contributed by atoms with E-state index in [1.165, 1.54) is 17.4 Å². The molecule has 2 aromatic rings. The van der Waals surface area contributed by atoms with Crippen LogP contribution in [0.1, 0.15) is 45.6 Å². The number of pyridine rings is 1. The Kier molecular flexibility index (Phi) is 3.40. The van der Waals surface area contributed by atoms with Crippen LogP contribution in [-0.4, -0.2) is 15.9 Å². The number of nitrogens with zero attached hydrogens (tertiary/aromatic N) is 1. The Bertz CT molecular complexity index is 704. The van der Waals surface area contributed by atoms with Crippen molar-refractivity contribution in [3.8, 4) is 0 Å². The number of hydrogen-bond acceptors (Lipinski definition) is 4. The average Bonchev–Trinajstić information content (AvgIpc) is 2.85. The van der Waals surface area contributed by atoms with E-state index in [0.717, 1.165) is 35.5 Å². The summed E-state index contributed by atoms with van der Waals surface area (Å²) < 4.78 is 0. The first-order valence-electron chi connectivity index (χ1n) is 6.58. The van der Waals surface area contributed by atoms with Crippen LogP contribution in [0.5, 0.6) is 0 Å². The smallest absolute Gasteiger partial charge is 0.271 e. The van der Waals surface area contributed by atoms with Crippen molar-refractivity contribution in [1.82, 2.24) is 15.3 Å². The zero-order valence-electron chi connectivity index (χ0n) is 11.1. The first kappa shape index (κ1) is 13.1. The number of nitrogens with one attached hydrogen (secondary N) is 2. The summed E-state index contributed by atoms with van der Waals surface area (Å²) >= 11 is 1.46. The number of amides is 1. The van der Waals surface area contributed by atoms with Crippen molar-refractivity contribution in [1.29, 1.82) is 0 Å². The molecule has 1 aliphatic rings. The molecule has 6 heteroatoms. The van der Waals surface area contributed by atoms with Crippen LogP contribution in [0.15, 0.2) is 22.3 Å². The van der Waals surface area contributed by atoms with E-state index in [1.54, 1.807) is 5.38 Å². The maximum absolute atomic E-state index is 12.2. The molecule has 0 aromatic carbocycles. The van der Waals surface area contributed by atoms with Crippen LogP contribution in [0.3, 0.4) is 0 Å². The molecule has 20 heavy (non-hydrogen) atoms. The second-order valence-corrected chi connectivity index (χ2v) is 5.99. The highest BCUT2D eigenvalue weighted by Crippen LogP contribution is 2.27. The summed E-state index contributed by atoms with van der Waals surface area (Å²) in [4.78, 5) is 30.6. The van der Waals surface area contributed by atoms with Gasteiger partial charge in [-0.1, -0.05) is 0 Å². The minimum atomic E-state index is -0.154. The zero-order chi connectivity index (χ0) is 14.1. The van der Waals surface area contributed by atoms with Crippen LogP contribution in [0.25, 0.3) is 0 Å². The van der Waals surface area contributed by atoms with Crippen LogP contribution in [0, 0.1) is 6.92 Å². The van der Waals surface area contributed by atoms with Crippen molar-refractivity contribution in [2.45, 2.75) is 32.2 Å². The van der Waals surface area contributed by atoms with Crippen LogP contribution >= 0.6 is 11.3 Å². The Labute approximate surface area is 120 Å². The molecule has 3 rings (SSSR count). The molecule has 0 saturated carbocycles. The predicted octanol–water partition coefficient (Wildman–Crippen LogP) is 1.95. The minimum Gasteiger partial charge on any atom is -0.344 e.